The van der Waals surface area contributed by atoms with E-state index in [9.17, 15) is 19.8 Å². The predicted octanol–water partition coefficient (Wildman–Crippen LogP) is 3.36. The minimum Gasteiger partial charge on any atom is -0.497 e. The van der Waals surface area contributed by atoms with Crippen molar-refractivity contribution >= 4 is 11.9 Å². The number of unbranched alkanes of at least 4 members (excludes halogenated alkanes) is 1. The average Bonchev–Trinajstić information content (AvgIpc) is 3.61. The fourth-order valence-corrected chi connectivity index (χ4v) is 6.71. The third kappa shape index (κ3) is 5.79. The van der Waals surface area contributed by atoms with Gasteiger partial charge in [-0.1, -0.05) is 13.3 Å². The Morgan fingerprint density at radius 2 is 1.90 bits per heavy atom. The van der Waals surface area contributed by atoms with Crippen molar-refractivity contribution < 1.29 is 43.5 Å². The van der Waals surface area contributed by atoms with Crippen LogP contribution in [0.15, 0.2) is 24.0 Å². The minimum atomic E-state index is -2.18. The van der Waals surface area contributed by atoms with Crippen LogP contribution >= 0.6 is 0 Å². The molecule has 0 bridgehead atoms. The van der Waals surface area contributed by atoms with Gasteiger partial charge in [-0.3, -0.25) is 9.69 Å². The normalized spacial score (nSPS) is 26.2. The van der Waals surface area contributed by atoms with Crippen LogP contribution in [-0.2, 0) is 30.2 Å². The monoisotopic (exact) mass is 573 g/mol. The van der Waals surface area contributed by atoms with Crippen molar-refractivity contribution in [3.8, 4) is 11.5 Å². The summed E-state index contributed by atoms with van der Waals surface area (Å²) in [6, 6.07) is 4.01. The van der Waals surface area contributed by atoms with Gasteiger partial charge >= 0.3 is 11.9 Å². The third-order valence-corrected chi connectivity index (χ3v) is 8.93. The standard InChI is InChI=1S/C31H43NO9/c1-5-6-14-38-25(33)18-31(36,11-10-29(2,3)35)28(34)41-27-24(37-4)17-30-9-7-12-32(30)13-8-20-15-22-23(40-19-39-22)16-21(20)26(27)30/h15-17,26-27,35-36H,5-14,18-19H2,1-4H3/t26-,27-,30+,31-/m1/s1. The van der Waals surface area contributed by atoms with Gasteiger partial charge in [0.05, 0.1) is 37.2 Å². The van der Waals surface area contributed by atoms with Gasteiger partial charge in [0.25, 0.3) is 0 Å². The van der Waals surface area contributed by atoms with Crippen molar-refractivity contribution in [1.29, 1.82) is 0 Å². The topological polar surface area (TPSA) is 124 Å². The van der Waals surface area contributed by atoms with E-state index in [4.69, 9.17) is 23.7 Å². The summed E-state index contributed by atoms with van der Waals surface area (Å²) >= 11 is 0. The molecule has 5 rings (SSSR count). The third-order valence-electron chi connectivity index (χ3n) is 8.93. The number of carbonyl (C=O) groups is 2. The van der Waals surface area contributed by atoms with E-state index in [0.29, 0.717) is 23.7 Å². The molecule has 10 heteroatoms. The van der Waals surface area contributed by atoms with Crippen molar-refractivity contribution in [2.75, 3.05) is 33.6 Å². The summed E-state index contributed by atoms with van der Waals surface area (Å²) in [5, 5.41) is 22.0. The molecular weight excluding hydrogens is 530 g/mol. The molecule has 1 saturated heterocycles. The maximum atomic E-state index is 13.9. The lowest BCUT2D eigenvalue weighted by atomic mass is 9.77. The van der Waals surface area contributed by atoms with E-state index in [1.165, 1.54) is 0 Å². The van der Waals surface area contributed by atoms with Crippen LogP contribution in [0.1, 0.15) is 82.8 Å². The van der Waals surface area contributed by atoms with E-state index in [2.05, 4.69) is 11.0 Å². The molecule has 41 heavy (non-hydrogen) atoms. The van der Waals surface area contributed by atoms with Crippen molar-refractivity contribution in [2.45, 2.75) is 101 Å². The van der Waals surface area contributed by atoms with Crippen molar-refractivity contribution in [1.82, 2.24) is 4.90 Å². The van der Waals surface area contributed by atoms with Crippen LogP contribution in [0.5, 0.6) is 11.5 Å². The number of aliphatic hydroxyl groups is 2. The number of benzene rings is 1. The number of esters is 2. The van der Waals surface area contributed by atoms with Gasteiger partial charge in [-0.05, 0) is 88.3 Å². The first-order valence-corrected chi connectivity index (χ1v) is 14.8. The molecule has 4 atom stereocenters. The highest BCUT2D eigenvalue weighted by Crippen LogP contribution is 2.55. The molecule has 10 nitrogen and oxygen atoms in total. The molecule has 0 saturated carbocycles. The molecule has 0 amide bonds. The average molecular weight is 574 g/mol. The fraction of sp³-hybridized carbons (Fsp3) is 0.677. The van der Waals surface area contributed by atoms with Gasteiger partial charge in [-0.15, -0.1) is 0 Å². The lowest BCUT2D eigenvalue weighted by molar-refractivity contribution is -0.180. The van der Waals surface area contributed by atoms with Gasteiger partial charge in [0.1, 0.15) is 5.76 Å². The molecule has 1 aliphatic carbocycles. The first-order chi connectivity index (χ1) is 19.5. The molecule has 2 N–H and O–H groups in total. The number of nitrogens with zero attached hydrogens (tertiary/aromatic N) is 1. The molecule has 0 aromatic heterocycles. The van der Waals surface area contributed by atoms with Crippen LogP contribution < -0.4 is 9.47 Å². The van der Waals surface area contributed by atoms with Gasteiger partial charge in [0, 0.05) is 6.54 Å². The zero-order chi connectivity index (χ0) is 29.4. The number of hydrogen-bond acceptors (Lipinski definition) is 10. The number of ether oxygens (including phenoxy) is 5. The molecule has 0 unspecified atom stereocenters. The molecule has 4 aliphatic rings. The van der Waals surface area contributed by atoms with Crippen LogP contribution in [0.25, 0.3) is 0 Å². The number of carbonyl (C=O) groups excluding carboxylic acids is 2. The summed E-state index contributed by atoms with van der Waals surface area (Å²) in [5.74, 6) is -0.0717. The van der Waals surface area contributed by atoms with Crippen molar-refractivity contribution in [2.24, 2.45) is 0 Å². The number of fused-ring (bicyclic) bond motifs is 3. The summed E-state index contributed by atoms with van der Waals surface area (Å²) in [7, 11) is 1.56. The second-order valence-corrected chi connectivity index (χ2v) is 12.4. The Morgan fingerprint density at radius 1 is 1.15 bits per heavy atom. The Balaban J connectivity index is 1.48. The number of rotatable bonds is 11. The Kier molecular flexibility index (Phi) is 8.29. The van der Waals surface area contributed by atoms with E-state index in [0.717, 1.165) is 49.9 Å². The van der Waals surface area contributed by atoms with Crippen LogP contribution in [0.4, 0.5) is 0 Å². The first kappa shape index (κ1) is 29.7. The van der Waals surface area contributed by atoms with E-state index >= 15 is 0 Å². The zero-order valence-corrected chi connectivity index (χ0v) is 24.6. The summed E-state index contributed by atoms with van der Waals surface area (Å²) < 4.78 is 28.7. The molecule has 0 radical (unpaired) electrons. The number of hydrogen-bond donors (Lipinski definition) is 2. The minimum absolute atomic E-state index is 0.0753. The highest BCUT2D eigenvalue weighted by molar-refractivity contribution is 5.86. The first-order valence-electron chi connectivity index (χ1n) is 14.8. The van der Waals surface area contributed by atoms with Crippen molar-refractivity contribution in [3.63, 3.8) is 0 Å². The Morgan fingerprint density at radius 3 is 2.61 bits per heavy atom. The summed E-state index contributed by atoms with van der Waals surface area (Å²) in [6.07, 6.45) is 4.76. The summed E-state index contributed by atoms with van der Waals surface area (Å²) in [5.41, 5.74) is -1.69. The molecule has 1 aromatic rings. The van der Waals surface area contributed by atoms with Crippen LogP contribution in [0.2, 0.25) is 0 Å². The van der Waals surface area contributed by atoms with E-state index in [1.807, 2.05) is 19.1 Å². The molecule has 1 spiro atoms. The Hall–Kier alpha value is -2.82. The second kappa shape index (κ2) is 11.5. The molecule has 1 fully saturated rings. The Labute approximate surface area is 241 Å². The molecule has 226 valence electrons. The second-order valence-electron chi connectivity index (χ2n) is 12.4. The largest absolute Gasteiger partial charge is 0.497 e. The number of methoxy groups -OCH3 is 1. The predicted molar refractivity (Wildman–Crippen MR) is 148 cm³/mol. The molecule has 3 aliphatic heterocycles. The van der Waals surface area contributed by atoms with Crippen LogP contribution in [-0.4, -0.2) is 83.5 Å². The lowest BCUT2D eigenvalue weighted by Gasteiger charge is -2.39. The van der Waals surface area contributed by atoms with Gasteiger partial charge in [0.15, 0.2) is 23.2 Å². The summed E-state index contributed by atoms with van der Waals surface area (Å²) in [6.45, 7) is 7.26. The maximum Gasteiger partial charge on any atom is 0.339 e. The van der Waals surface area contributed by atoms with Gasteiger partial charge in [-0.2, -0.15) is 0 Å². The lowest BCUT2D eigenvalue weighted by Crippen LogP contribution is -2.49. The summed E-state index contributed by atoms with van der Waals surface area (Å²) in [4.78, 5) is 29.0. The van der Waals surface area contributed by atoms with Gasteiger partial charge in [0.2, 0.25) is 6.79 Å². The van der Waals surface area contributed by atoms with Gasteiger partial charge < -0.3 is 33.9 Å². The molecule has 1 aromatic carbocycles. The van der Waals surface area contributed by atoms with E-state index in [-0.39, 0.29) is 32.2 Å². The van der Waals surface area contributed by atoms with Crippen molar-refractivity contribution in [3.05, 3.63) is 35.1 Å². The highest BCUT2D eigenvalue weighted by Gasteiger charge is 2.59. The van der Waals surface area contributed by atoms with E-state index < -0.39 is 41.2 Å². The molecule has 3 heterocycles. The van der Waals surface area contributed by atoms with Crippen LogP contribution in [0, 0.1) is 0 Å². The SMILES string of the molecule is CCCCOC(=O)C[C@](O)(CCC(C)(C)O)C(=O)O[C@@H]1C(OC)=C[C@]23CCCN2CCc2cc4c(cc2[C@H]13)OCO4. The highest BCUT2D eigenvalue weighted by atomic mass is 16.7. The Bertz CT molecular complexity index is 1190. The fourth-order valence-electron chi connectivity index (χ4n) is 6.71. The smallest absolute Gasteiger partial charge is 0.339 e. The van der Waals surface area contributed by atoms with Crippen LogP contribution in [0.3, 0.4) is 0 Å². The maximum absolute atomic E-state index is 13.9. The van der Waals surface area contributed by atoms with Gasteiger partial charge in [-0.25, -0.2) is 4.79 Å². The molecular formula is C31H43NO9. The van der Waals surface area contributed by atoms with E-state index in [1.54, 1.807) is 21.0 Å². The zero-order valence-electron chi connectivity index (χ0n) is 24.6. The quantitative estimate of drug-likeness (QED) is 0.301.